The summed E-state index contributed by atoms with van der Waals surface area (Å²) in [5.74, 6) is -0.510. The van der Waals surface area contributed by atoms with Gasteiger partial charge in [0.05, 0.1) is 0 Å². The summed E-state index contributed by atoms with van der Waals surface area (Å²) < 4.78 is 88.0. The number of halogens is 10. The van der Waals surface area contributed by atoms with Crippen molar-refractivity contribution in [2.24, 2.45) is 0 Å². The highest BCUT2D eigenvalue weighted by atomic mass is 127. The van der Waals surface area contributed by atoms with E-state index in [-0.39, 0.29) is 11.5 Å². The molecule has 0 bridgehead atoms. The lowest BCUT2D eigenvalue weighted by atomic mass is 9.93. The minimum absolute atomic E-state index is 0.254. The molecule has 0 saturated carbocycles. The van der Waals surface area contributed by atoms with E-state index in [0.717, 1.165) is 67.2 Å². The van der Waals surface area contributed by atoms with E-state index in [9.17, 15) is 26.3 Å². The molecule has 272 valence electrons. The van der Waals surface area contributed by atoms with Crippen molar-refractivity contribution in [1.82, 2.24) is 0 Å². The molecule has 0 aliphatic rings. The third-order valence-corrected chi connectivity index (χ3v) is 14.3. The van der Waals surface area contributed by atoms with E-state index in [1.807, 2.05) is 31.2 Å². The molecule has 0 fully saturated rings. The van der Waals surface area contributed by atoms with Crippen molar-refractivity contribution in [3.8, 4) is 56.0 Å². The quantitative estimate of drug-likeness (QED) is 0.112. The topological polar surface area (TPSA) is 18.5 Å². The fourth-order valence-electron chi connectivity index (χ4n) is 6.02. The summed E-state index contributed by atoms with van der Waals surface area (Å²) in [6, 6.07) is 32.5. The Labute approximate surface area is 357 Å². The second kappa shape index (κ2) is 16.3. The summed E-state index contributed by atoms with van der Waals surface area (Å²) in [6.45, 7) is 4.17. The van der Waals surface area contributed by atoms with Crippen molar-refractivity contribution in [3.63, 3.8) is 0 Å². The predicted molar refractivity (Wildman–Crippen MR) is 231 cm³/mol. The molecular weight excluding hydrogens is 1150 g/mol. The first-order chi connectivity index (χ1) is 25.0. The first-order valence-corrected chi connectivity index (χ1v) is 20.2. The number of benzene rings is 6. The average molecular weight is 1170 g/mol. The summed E-state index contributed by atoms with van der Waals surface area (Å²) in [4.78, 5) is 0. The van der Waals surface area contributed by atoms with Crippen molar-refractivity contribution in [1.29, 1.82) is 0 Å². The van der Waals surface area contributed by atoms with Crippen LogP contribution in [0.25, 0.3) is 44.5 Å². The summed E-state index contributed by atoms with van der Waals surface area (Å²) in [5.41, 5.74) is 12.5. The van der Waals surface area contributed by atoms with Crippen LogP contribution in [0.5, 0.6) is 11.5 Å². The van der Waals surface area contributed by atoms with Crippen LogP contribution in [-0.2, 0) is 6.42 Å². The molecule has 0 aromatic heterocycles. The normalized spacial score (nSPS) is 11.8. The second-order valence-corrected chi connectivity index (χ2v) is 16.6. The molecule has 12 heteroatoms. The summed E-state index contributed by atoms with van der Waals surface area (Å²) >= 11 is 9.54. The highest BCUT2D eigenvalue weighted by Gasteiger charge is 2.31. The summed E-state index contributed by atoms with van der Waals surface area (Å²) in [7, 11) is 0. The number of alkyl halides is 6. The maximum Gasteiger partial charge on any atom is 0.573 e. The Hall–Kier alpha value is -2.58. The van der Waals surface area contributed by atoms with E-state index in [1.54, 1.807) is 24.3 Å². The smallest absolute Gasteiger partial charge is 0.406 e. The van der Waals surface area contributed by atoms with Crippen LogP contribution in [0.3, 0.4) is 0 Å². The predicted octanol–water partition coefficient (Wildman–Crippen LogP) is 14.8. The van der Waals surface area contributed by atoms with E-state index in [4.69, 9.17) is 0 Å². The fourth-order valence-corrected chi connectivity index (χ4v) is 9.12. The van der Waals surface area contributed by atoms with Gasteiger partial charge in [0.1, 0.15) is 11.5 Å². The molecule has 2 nitrogen and oxygen atoms in total. The van der Waals surface area contributed by atoms with Crippen LogP contribution in [0.15, 0.2) is 109 Å². The van der Waals surface area contributed by atoms with Gasteiger partial charge in [0, 0.05) is 14.3 Å². The van der Waals surface area contributed by atoms with Gasteiger partial charge in [-0.15, -0.1) is 26.3 Å². The average Bonchev–Trinajstić information content (AvgIpc) is 3.09. The van der Waals surface area contributed by atoms with E-state index in [1.165, 1.54) is 44.5 Å². The van der Waals surface area contributed by atoms with Gasteiger partial charge in [-0.2, -0.15) is 0 Å². The molecule has 0 saturated heterocycles. The molecule has 6 aromatic carbocycles. The van der Waals surface area contributed by atoms with Crippen LogP contribution < -0.4 is 9.47 Å². The molecule has 0 N–H and O–H groups in total. The van der Waals surface area contributed by atoms with Crippen LogP contribution in [0.2, 0.25) is 0 Å². The van der Waals surface area contributed by atoms with E-state index in [0.29, 0.717) is 0 Å². The van der Waals surface area contributed by atoms with Crippen molar-refractivity contribution in [3.05, 3.63) is 146 Å². The molecule has 0 amide bonds. The van der Waals surface area contributed by atoms with Gasteiger partial charge in [0.25, 0.3) is 0 Å². The zero-order chi connectivity index (χ0) is 38.2. The second-order valence-electron chi connectivity index (χ2n) is 12.2. The standard InChI is InChI=1S/C41H26F6I4O2/c1-22-19-27(24-3-11-30(12-4-24)52-40(42,43)44)8-15-32(22)34-18-10-29(38(50)39(34)51)20-26-7-17-35(37(49)23(26)2)33-16-9-28(21-36(33)48)25-5-13-31(14-6-25)53-41(45,46)47/h3-19,21H,20H2,1-2H3. The molecule has 0 atom stereocenters. The molecule has 6 aromatic rings. The Balaban J connectivity index is 1.20. The van der Waals surface area contributed by atoms with Crippen LogP contribution >= 0.6 is 90.4 Å². The van der Waals surface area contributed by atoms with Gasteiger partial charge in [0.2, 0.25) is 0 Å². The number of ether oxygens (including phenoxy) is 2. The minimum atomic E-state index is -4.73. The Bertz CT molecular complexity index is 2140. The fraction of sp³-hybridized carbons (Fsp3) is 0.122. The van der Waals surface area contributed by atoms with E-state index >= 15 is 0 Å². The van der Waals surface area contributed by atoms with Crippen LogP contribution in [0.4, 0.5) is 26.3 Å². The summed E-state index contributed by atoms with van der Waals surface area (Å²) in [5, 5.41) is 0. The van der Waals surface area contributed by atoms with Gasteiger partial charge >= 0.3 is 12.7 Å². The van der Waals surface area contributed by atoms with Gasteiger partial charge in [-0.25, -0.2) is 0 Å². The van der Waals surface area contributed by atoms with Gasteiger partial charge in [-0.1, -0.05) is 78.9 Å². The van der Waals surface area contributed by atoms with Crippen LogP contribution in [-0.4, -0.2) is 12.7 Å². The summed E-state index contributed by atoms with van der Waals surface area (Å²) in [6.07, 6.45) is -8.71. The first kappa shape index (κ1) is 40.1. The largest absolute Gasteiger partial charge is 0.573 e. The highest BCUT2D eigenvalue weighted by molar-refractivity contribution is 14.1. The van der Waals surface area contributed by atoms with Crippen molar-refractivity contribution < 1.29 is 35.8 Å². The first-order valence-electron chi connectivity index (χ1n) is 15.9. The number of aryl methyl sites for hydroxylation is 1. The molecule has 0 aliphatic heterocycles. The lowest BCUT2D eigenvalue weighted by Gasteiger charge is -2.17. The third kappa shape index (κ3) is 9.63. The number of hydrogen-bond acceptors (Lipinski definition) is 2. The van der Waals surface area contributed by atoms with E-state index < -0.39 is 12.7 Å². The zero-order valence-corrected chi connectivity index (χ0v) is 36.3. The van der Waals surface area contributed by atoms with Gasteiger partial charge in [0.15, 0.2) is 0 Å². The molecule has 53 heavy (non-hydrogen) atoms. The van der Waals surface area contributed by atoms with Crippen LogP contribution in [0.1, 0.15) is 22.3 Å². The van der Waals surface area contributed by atoms with Gasteiger partial charge in [-0.05, 0) is 208 Å². The van der Waals surface area contributed by atoms with Crippen molar-refractivity contribution >= 4 is 90.4 Å². The van der Waals surface area contributed by atoms with Crippen molar-refractivity contribution in [2.75, 3.05) is 0 Å². The maximum atomic E-state index is 12.6. The Morgan fingerprint density at radius 2 is 0.887 bits per heavy atom. The molecule has 0 spiro atoms. The molecule has 6 rings (SSSR count). The monoisotopic (exact) mass is 1170 g/mol. The Kier molecular flexibility index (Phi) is 12.3. The van der Waals surface area contributed by atoms with Gasteiger partial charge in [-0.3, -0.25) is 0 Å². The highest BCUT2D eigenvalue weighted by Crippen LogP contribution is 2.39. The number of rotatable bonds is 8. The Morgan fingerprint density at radius 1 is 0.453 bits per heavy atom. The third-order valence-electron chi connectivity index (χ3n) is 8.66. The molecule has 0 unspecified atom stereocenters. The SMILES string of the molecule is Cc1cc(-c2ccc(OC(F)(F)F)cc2)ccc1-c1ccc(Cc2ccc(-c3ccc(-c4ccc(OC(F)(F)F)cc4)cc3I)c(I)c2C)c(I)c1I. The van der Waals surface area contributed by atoms with E-state index in [2.05, 4.69) is 143 Å². The lowest BCUT2D eigenvalue weighted by molar-refractivity contribution is -0.275. The maximum absolute atomic E-state index is 12.6. The van der Waals surface area contributed by atoms with Crippen molar-refractivity contribution in [2.45, 2.75) is 33.0 Å². The lowest BCUT2D eigenvalue weighted by Crippen LogP contribution is -2.16. The zero-order valence-electron chi connectivity index (χ0n) is 27.7. The molecule has 0 aliphatic carbocycles. The number of hydrogen-bond donors (Lipinski definition) is 0. The Morgan fingerprint density at radius 3 is 1.38 bits per heavy atom. The molecule has 0 radical (unpaired) electrons. The van der Waals surface area contributed by atoms with Crippen LogP contribution in [0, 0.1) is 28.1 Å². The van der Waals surface area contributed by atoms with Gasteiger partial charge < -0.3 is 9.47 Å². The molecule has 0 heterocycles. The minimum Gasteiger partial charge on any atom is -0.406 e. The molecular formula is C41H26F6I4O2.